The quantitative estimate of drug-likeness (QED) is 0.150. The van der Waals surface area contributed by atoms with Gasteiger partial charge in [-0.05, 0) is 6.92 Å². The lowest BCUT2D eigenvalue weighted by molar-refractivity contribution is -0.333. The first-order chi connectivity index (χ1) is 15.9. The molecule has 0 radical (unpaired) electrons. The fourth-order valence-corrected chi connectivity index (χ4v) is 3.82. The van der Waals surface area contributed by atoms with Gasteiger partial charge in [0, 0.05) is 13.8 Å². The van der Waals surface area contributed by atoms with Crippen LogP contribution in [0.5, 0.6) is 0 Å². The Hall–Kier alpha value is -1.95. The third-order valence-corrected chi connectivity index (χ3v) is 5.47. The van der Waals surface area contributed by atoms with E-state index in [4.69, 9.17) is 18.9 Å². The van der Waals surface area contributed by atoms with E-state index in [9.17, 15) is 45.0 Å². The summed E-state index contributed by atoms with van der Waals surface area (Å²) in [5.74, 6) is -2.60. The molecule has 34 heavy (non-hydrogen) atoms. The van der Waals surface area contributed by atoms with Crippen LogP contribution < -0.4 is 10.6 Å². The number of carboxylic acid groups (broad SMARTS) is 1. The summed E-state index contributed by atoms with van der Waals surface area (Å²) in [7, 11) is 0. The summed E-state index contributed by atoms with van der Waals surface area (Å²) in [5.41, 5.74) is 0. The van der Waals surface area contributed by atoms with E-state index in [2.05, 4.69) is 10.6 Å². The largest absolute Gasteiger partial charge is 0.479 e. The zero-order valence-corrected chi connectivity index (χ0v) is 18.8. The highest BCUT2D eigenvalue weighted by Crippen LogP contribution is 2.30. The van der Waals surface area contributed by atoms with Gasteiger partial charge in [0.15, 0.2) is 18.7 Å². The van der Waals surface area contributed by atoms with Crippen LogP contribution in [-0.2, 0) is 33.3 Å². The van der Waals surface area contributed by atoms with Crippen LogP contribution >= 0.6 is 0 Å². The monoisotopic (exact) mass is 496 g/mol. The number of aliphatic carboxylic acids is 1. The van der Waals surface area contributed by atoms with Gasteiger partial charge in [0.1, 0.15) is 48.7 Å². The second-order valence-electron chi connectivity index (χ2n) is 8.09. The minimum atomic E-state index is -1.72. The molecule has 1 unspecified atom stereocenters. The van der Waals surface area contributed by atoms with Crippen molar-refractivity contribution in [1.82, 2.24) is 10.6 Å². The second kappa shape index (κ2) is 12.1. The Balaban J connectivity index is 2.44. The molecule has 11 atom stereocenters. The lowest BCUT2D eigenvalue weighted by Gasteiger charge is -2.48. The van der Waals surface area contributed by atoms with Crippen LogP contribution in [0, 0.1) is 0 Å². The molecule has 196 valence electrons. The van der Waals surface area contributed by atoms with Crippen molar-refractivity contribution in [2.75, 3.05) is 13.2 Å². The van der Waals surface area contributed by atoms with Gasteiger partial charge in [-0.15, -0.1) is 0 Å². The van der Waals surface area contributed by atoms with E-state index < -0.39 is 98.4 Å². The molecule has 2 rings (SSSR count). The summed E-state index contributed by atoms with van der Waals surface area (Å²) < 4.78 is 22.3. The molecule has 2 saturated heterocycles. The molecule has 8 N–H and O–H groups in total. The molecule has 0 saturated carbocycles. The molecule has 2 amide bonds. The smallest absolute Gasteiger partial charge is 0.332 e. The van der Waals surface area contributed by atoms with Crippen LogP contribution in [-0.4, -0.2) is 129 Å². The number of carbonyl (C=O) groups excluding carboxylic acids is 2. The summed E-state index contributed by atoms with van der Waals surface area (Å²) in [6.45, 7) is 2.00. The minimum absolute atomic E-state index is 0.616. The van der Waals surface area contributed by atoms with Crippen LogP contribution in [0.2, 0.25) is 0 Å². The second-order valence-corrected chi connectivity index (χ2v) is 8.09. The maximum atomic E-state index is 11.7. The van der Waals surface area contributed by atoms with E-state index in [-0.39, 0.29) is 0 Å². The van der Waals surface area contributed by atoms with Gasteiger partial charge >= 0.3 is 5.97 Å². The van der Waals surface area contributed by atoms with Crippen LogP contribution in [0.3, 0.4) is 0 Å². The first-order valence-corrected chi connectivity index (χ1v) is 10.6. The summed E-state index contributed by atoms with van der Waals surface area (Å²) in [5, 5.41) is 64.4. The number of nitrogens with one attached hydrogen (secondary N) is 2. The van der Waals surface area contributed by atoms with E-state index in [0.29, 0.717) is 0 Å². The predicted octanol–water partition coefficient (Wildman–Crippen LogP) is -4.61. The Labute approximate surface area is 194 Å². The minimum Gasteiger partial charge on any atom is -0.479 e. The molecule has 0 bridgehead atoms. The Kier molecular flexibility index (Phi) is 10.1. The number of ether oxygens (including phenoxy) is 4. The number of aliphatic hydroxyl groups is 5. The fraction of sp³-hybridized carbons (Fsp3) is 0.842. The highest BCUT2D eigenvalue weighted by atomic mass is 16.7. The number of hydrogen-bond donors (Lipinski definition) is 8. The van der Waals surface area contributed by atoms with Gasteiger partial charge in [-0.2, -0.15) is 0 Å². The molecule has 2 fully saturated rings. The SMILES string of the molecule is CC(=O)N[C@H]1[C@H](O[C@H]2[C@H](O[C@H](C)C(=O)O)[C@@H](NC(C)=O)C(O)O[C@@H]2CO)O[C@H](CO)[C@@H](O)[C@@H]1O. The fourth-order valence-electron chi connectivity index (χ4n) is 3.82. The van der Waals surface area contributed by atoms with Gasteiger partial charge in [-0.25, -0.2) is 4.79 Å². The summed E-state index contributed by atoms with van der Waals surface area (Å²) in [6, 6.07) is -2.71. The molecule has 15 nitrogen and oxygen atoms in total. The van der Waals surface area contributed by atoms with Crippen LogP contribution in [0.15, 0.2) is 0 Å². The highest BCUT2D eigenvalue weighted by molar-refractivity contribution is 5.74. The molecule has 0 aliphatic carbocycles. The normalized spacial score (nSPS) is 39.2. The van der Waals surface area contributed by atoms with E-state index in [1.54, 1.807) is 0 Å². The molecule has 2 aliphatic heterocycles. The van der Waals surface area contributed by atoms with Crippen molar-refractivity contribution < 1.29 is 64.0 Å². The van der Waals surface area contributed by atoms with Crippen LogP contribution in [0.25, 0.3) is 0 Å². The third-order valence-electron chi connectivity index (χ3n) is 5.47. The molecule has 0 aromatic carbocycles. The Bertz CT molecular complexity index is 724. The number of aliphatic hydroxyl groups excluding tert-OH is 5. The zero-order valence-electron chi connectivity index (χ0n) is 18.8. The third kappa shape index (κ3) is 6.59. The van der Waals surface area contributed by atoms with Gasteiger partial charge in [-0.1, -0.05) is 0 Å². The zero-order chi connectivity index (χ0) is 25.7. The molecule has 2 heterocycles. The van der Waals surface area contributed by atoms with Crippen LogP contribution in [0.4, 0.5) is 0 Å². The predicted molar refractivity (Wildman–Crippen MR) is 108 cm³/mol. The molecule has 0 aromatic rings. The van der Waals surface area contributed by atoms with E-state index in [0.717, 1.165) is 13.8 Å². The van der Waals surface area contributed by atoms with Gasteiger partial charge in [0.2, 0.25) is 11.8 Å². The van der Waals surface area contributed by atoms with Gasteiger partial charge in [-0.3, -0.25) is 9.59 Å². The number of rotatable bonds is 9. The van der Waals surface area contributed by atoms with Gasteiger partial charge in [0.25, 0.3) is 0 Å². The number of amides is 2. The first kappa shape index (κ1) is 28.3. The van der Waals surface area contributed by atoms with Crippen molar-refractivity contribution in [3.05, 3.63) is 0 Å². The van der Waals surface area contributed by atoms with E-state index >= 15 is 0 Å². The molecular formula is C19H32N2O13. The molecule has 0 aromatic heterocycles. The topological polar surface area (TPSA) is 234 Å². The summed E-state index contributed by atoms with van der Waals surface area (Å²) in [6.07, 6.45) is -13.5. The molecular weight excluding hydrogens is 464 g/mol. The number of carboxylic acids is 1. The maximum absolute atomic E-state index is 11.7. The van der Waals surface area contributed by atoms with Crippen LogP contribution in [0.1, 0.15) is 20.8 Å². The van der Waals surface area contributed by atoms with Crippen molar-refractivity contribution in [2.24, 2.45) is 0 Å². The van der Waals surface area contributed by atoms with Gasteiger partial charge in [0.05, 0.1) is 13.2 Å². The molecule has 2 aliphatic rings. The Morgan fingerprint density at radius 3 is 1.94 bits per heavy atom. The summed E-state index contributed by atoms with van der Waals surface area (Å²) >= 11 is 0. The molecule has 15 heteroatoms. The van der Waals surface area contributed by atoms with Crippen molar-refractivity contribution in [1.29, 1.82) is 0 Å². The Morgan fingerprint density at radius 1 is 0.882 bits per heavy atom. The first-order valence-electron chi connectivity index (χ1n) is 10.6. The highest BCUT2D eigenvalue weighted by Gasteiger charge is 2.52. The number of carbonyl (C=O) groups is 3. The molecule has 0 spiro atoms. The van der Waals surface area contributed by atoms with E-state index in [1.165, 1.54) is 6.92 Å². The van der Waals surface area contributed by atoms with Crippen molar-refractivity contribution in [3.63, 3.8) is 0 Å². The van der Waals surface area contributed by atoms with E-state index in [1.807, 2.05) is 0 Å². The summed E-state index contributed by atoms with van der Waals surface area (Å²) in [4.78, 5) is 34.8. The Morgan fingerprint density at radius 2 is 1.44 bits per heavy atom. The lowest BCUT2D eigenvalue weighted by atomic mass is 9.94. The van der Waals surface area contributed by atoms with Crippen molar-refractivity contribution in [2.45, 2.75) is 88.2 Å². The van der Waals surface area contributed by atoms with Crippen molar-refractivity contribution >= 4 is 17.8 Å². The number of hydrogen-bond acceptors (Lipinski definition) is 12. The average molecular weight is 496 g/mol. The average Bonchev–Trinajstić information content (AvgIpc) is 2.76. The lowest BCUT2D eigenvalue weighted by Crippen LogP contribution is -2.69. The van der Waals surface area contributed by atoms with Gasteiger partial charge < -0.3 is 60.2 Å². The maximum Gasteiger partial charge on any atom is 0.332 e. The van der Waals surface area contributed by atoms with Crippen molar-refractivity contribution in [3.8, 4) is 0 Å². The standard InChI is InChI=1S/C19H32N2O13/c1-6(17(28)29)31-16-12(21-8(3)25)18(30)32-10(5-23)15(16)34-19-11(20-7(2)24)14(27)13(26)9(4-22)33-19/h6,9-16,18-19,22-23,26-27,30H,4-5H2,1-3H3,(H,20,24)(H,21,25)(H,28,29)/t6-,9-,10-,11-,12-,13-,14-,15-,16-,18?,19+/m1/s1.